The van der Waals surface area contributed by atoms with E-state index in [4.69, 9.17) is 16.3 Å². The van der Waals surface area contributed by atoms with Crippen molar-refractivity contribution in [2.24, 2.45) is 0 Å². The molecule has 1 rings (SSSR count). The second-order valence-electron chi connectivity index (χ2n) is 2.76. The van der Waals surface area contributed by atoms with E-state index < -0.39 is 5.69 Å². The van der Waals surface area contributed by atoms with E-state index in [1.165, 1.54) is 0 Å². The highest BCUT2D eigenvalue weighted by Gasteiger charge is 2.13. The van der Waals surface area contributed by atoms with Gasteiger partial charge in [-0.25, -0.2) is 0 Å². The zero-order valence-electron chi connectivity index (χ0n) is 7.96. The van der Waals surface area contributed by atoms with Crippen molar-refractivity contribution in [3.8, 4) is 5.75 Å². The lowest BCUT2D eigenvalue weighted by Crippen LogP contribution is -1.91. The van der Waals surface area contributed by atoms with E-state index in [-0.39, 0.29) is 0 Å². The molecular weight excluding hydrogens is 247 g/mol. The van der Waals surface area contributed by atoms with Crippen molar-refractivity contribution in [1.82, 2.24) is 0 Å². The third-order valence-electron chi connectivity index (χ3n) is 1.73. The van der Waals surface area contributed by atoms with Gasteiger partial charge >= 0.3 is 0 Å². The fourth-order valence-electron chi connectivity index (χ4n) is 1.12. The summed E-state index contributed by atoms with van der Waals surface area (Å²) in [4.78, 5) is 9.41. The summed E-state index contributed by atoms with van der Waals surface area (Å²) in [7, 11) is 0. The molecule has 0 saturated carbocycles. The Hall–Kier alpha value is -0.540. The Bertz CT molecular complexity index is 411. The Kier molecular flexibility index (Phi) is 4.17. The van der Waals surface area contributed by atoms with Gasteiger partial charge in [-0.15, -0.1) is 0 Å². The molecule has 1 unspecified atom stereocenters. The van der Waals surface area contributed by atoms with Crippen LogP contribution in [0.25, 0.3) is 12.2 Å². The molecule has 0 heterocycles. The average molecular weight is 258 g/mol. The van der Waals surface area contributed by atoms with Crippen molar-refractivity contribution in [2.45, 2.75) is 0 Å². The summed E-state index contributed by atoms with van der Waals surface area (Å²) in [5.41, 5.74) is -1.53. The van der Waals surface area contributed by atoms with Crippen LogP contribution in [0.4, 0.5) is 0 Å². The van der Waals surface area contributed by atoms with Gasteiger partial charge in [0.05, 0.1) is 0 Å². The third kappa shape index (κ3) is 3.50. The summed E-state index contributed by atoms with van der Waals surface area (Å²) < 4.78 is 5.25. The first-order chi connectivity index (χ1) is 6.98. The third-order valence-corrected chi connectivity index (χ3v) is 2.61. The van der Waals surface area contributed by atoms with Crippen LogP contribution < -0.4 is 4.52 Å². The molecule has 0 radical (unpaired) electrons. The largest absolute Gasteiger partial charge is 0.435 e. The maximum Gasteiger partial charge on any atom is 0.291 e. The van der Waals surface area contributed by atoms with Crippen LogP contribution in [-0.4, -0.2) is 4.89 Å². The van der Waals surface area contributed by atoms with Gasteiger partial charge in [0, 0.05) is 11.1 Å². The zero-order valence-corrected chi connectivity index (χ0v) is 10.6. The van der Waals surface area contributed by atoms with Crippen LogP contribution in [0, 0.1) is 0 Å². The van der Waals surface area contributed by atoms with Gasteiger partial charge in [-0.1, -0.05) is 55.8 Å². The van der Waals surface area contributed by atoms with Crippen LogP contribution >= 0.6 is 17.9 Å². The molecule has 0 spiro atoms. The Morgan fingerprint density at radius 3 is 2.13 bits per heavy atom. The molecule has 0 fully saturated rings. The Labute approximate surface area is 99.6 Å². The van der Waals surface area contributed by atoms with Gasteiger partial charge in [0.1, 0.15) is 5.75 Å². The van der Waals surface area contributed by atoms with Crippen molar-refractivity contribution in [1.29, 1.82) is 0 Å². The normalized spacial score (nSPS) is 14.0. The average Bonchev–Trinajstić information content (AvgIpc) is 2.16. The molecule has 80 valence electrons. The molecular formula is C10H11O2PS2. The van der Waals surface area contributed by atoms with Crippen LogP contribution in [0.15, 0.2) is 31.4 Å². The lowest BCUT2D eigenvalue weighted by Gasteiger charge is -2.15. The number of hydrogen-bond donors (Lipinski definition) is 2. The second kappa shape index (κ2) is 4.99. The maximum absolute atomic E-state index is 9.41. The quantitative estimate of drug-likeness (QED) is 0.640. The summed E-state index contributed by atoms with van der Waals surface area (Å²) in [5, 5.41) is 0. The fourth-order valence-corrected chi connectivity index (χ4v) is 2.04. The maximum atomic E-state index is 9.41. The minimum atomic E-state index is -3.04. The number of rotatable bonds is 4. The molecule has 0 amide bonds. The highest BCUT2D eigenvalue weighted by molar-refractivity contribution is 8.59. The van der Waals surface area contributed by atoms with E-state index in [1.54, 1.807) is 12.2 Å². The van der Waals surface area contributed by atoms with E-state index in [9.17, 15) is 4.89 Å². The summed E-state index contributed by atoms with van der Waals surface area (Å²) in [6.07, 6.45) is 3.25. The highest BCUT2D eigenvalue weighted by Crippen LogP contribution is 2.49. The summed E-state index contributed by atoms with van der Waals surface area (Å²) in [5.74, 6) is 0.475. The molecule has 1 aromatic rings. The minimum Gasteiger partial charge on any atom is -0.435 e. The van der Waals surface area contributed by atoms with Gasteiger partial charge in [-0.05, 0) is 11.8 Å². The lowest BCUT2D eigenvalue weighted by molar-refractivity contribution is 0.503. The van der Waals surface area contributed by atoms with E-state index in [2.05, 4.69) is 25.4 Å². The van der Waals surface area contributed by atoms with Crippen LogP contribution in [0.3, 0.4) is 0 Å². The highest BCUT2D eigenvalue weighted by atomic mass is 32.9. The van der Waals surface area contributed by atoms with Crippen LogP contribution in [0.1, 0.15) is 11.1 Å². The molecule has 1 atom stereocenters. The molecule has 0 aromatic heterocycles. The number of hydrogen-bond acceptors (Lipinski definition) is 2. The van der Waals surface area contributed by atoms with Crippen LogP contribution in [0.2, 0.25) is 0 Å². The summed E-state index contributed by atoms with van der Waals surface area (Å²) in [6.45, 7) is 7.31. The van der Waals surface area contributed by atoms with Gasteiger partial charge in [0.2, 0.25) is 0 Å². The second-order valence-corrected chi connectivity index (χ2v) is 7.84. The van der Waals surface area contributed by atoms with Gasteiger partial charge < -0.3 is 9.42 Å². The van der Waals surface area contributed by atoms with E-state index in [1.807, 2.05) is 18.2 Å². The van der Waals surface area contributed by atoms with Gasteiger partial charge in [-0.2, -0.15) is 0 Å². The molecule has 0 aliphatic rings. The fraction of sp³-hybridized carbons (Fsp3) is 0. The first kappa shape index (κ1) is 12.5. The molecule has 5 heteroatoms. The van der Waals surface area contributed by atoms with Crippen LogP contribution in [0.5, 0.6) is 5.75 Å². The van der Waals surface area contributed by atoms with Gasteiger partial charge in [0.15, 0.2) is 0 Å². The topological polar surface area (TPSA) is 29.5 Å². The van der Waals surface area contributed by atoms with Crippen molar-refractivity contribution >= 4 is 41.9 Å². The molecule has 2 nitrogen and oxygen atoms in total. The first-order valence-corrected chi connectivity index (χ1v) is 7.93. The zero-order chi connectivity index (χ0) is 11.5. The number of para-hydroxylation sites is 1. The number of benzene rings is 1. The smallest absolute Gasteiger partial charge is 0.291 e. The molecule has 0 bridgehead atoms. The summed E-state index contributed by atoms with van der Waals surface area (Å²) >= 11 is 8.55. The monoisotopic (exact) mass is 258 g/mol. The first-order valence-electron chi connectivity index (χ1n) is 4.11. The standard InChI is InChI=1S/C10H11O2PS2/c1-3-8-6-5-7-9(4-2)10(8)12-13(11,14)15/h3-7H,1-2H2,(H2,11,14,15). The predicted octanol–water partition coefficient (Wildman–Crippen LogP) is 3.50. The van der Waals surface area contributed by atoms with E-state index in [0.29, 0.717) is 5.75 Å². The molecule has 0 saturated heterocycles. The Morgan fingerprint density at radius 1 is 1.33 bits per heavy atom. The van der Waals surface area contributed by atoms with E-state index in [0.717, 1.165) is 11.1 Å². The summed E-state index contributed by atoms with van der Waals surface area (Å²) in [6, 6.07) is 5.47. The van der Waals surface area contributed by atoms with Crippen molar-refractivity contribution in [3.05, 3.63) is 42.5 Å². The van der Waals surface area contributed by atoms with E-state index >= 15 is 0 Å². The Balaban J connectivity index is 3.28. The van der Waals surface area contributed by atoms with Crippen molar-refractivity contribution < 1.29 is 9.42 Å². The van der Waals surface area contributed by atoms with Gasteiger partial charge in [-0.3, -0.25) is 0 Å². The molecule has 15 heavy (non-hydrogen) atoms. The lowest BCUT2D eigenvalue weighted by atomic mass is 10.1. The molecule has 0 aliphatic heterocycles. The molecule has 1 N–H and O–H groups in total. The van der Waals surface area contributed by atoms with Crippen molar-refractivity contribution in [3.63, 3.8) is 0 Å². The van der Waals surface area contributed by atoms with Crippen LogP contribution in [-0.2, 0) is 11.8 Å². The minimum absolute atomic E-state index is 0.475. The molecule has 1 aromatic carbocycles. The Morgan fingerprint density at radius 2 is 1.80 bits per heavy atom. The molecule has 0 aliphatic carbocycles. The SMILES string of the molecule is C=Cc1cccc(C=C)c1OP(O)(=S)S. The number of thiol groups is 1. The predicted molar refractivity (Wildman–Crippen MR) is 72.7 cm³/mol. The van der Waals surface area contributed by atoms with Crippen molar-refractivity contribution in [2.75, 3.05) is 0 Å². The van der Waals surface area contributed by atoms with Gasteiger partial charge in [0.25, 0.3) is 5.69 Å².